The van der Waals surface area contributed by atoms with Gasteiger partial charge in [-0.15, -0.1) is 10.2 Å². The molecule has 0 amide bonds. The van der Waals surface area contributed by atoms with Crippen LogP contribution < -0.4 is 4.90 Å². The fourth-order valence-electron chi connectivity index (χ4n) is 4.56. The van der Waals surface area contributed by atoms with Gasteiger partial charge in [-0.2, -0.15) is 0 Å². The number of nitrogens with one attached hydrogen (secondary N) is 1. The maximum Gasteiger partial charge on any atom is 0.182 e. The van der Waals surface area contributed by atoms with Crippen molar-refractivity contribution in [1.29, 1.82) is 0 Å². The minimum absolute atomic E-state index is 0.356. The lowest BCUT2D eigenvalue weighted by molar-refractivity contribution is 0.213. The Bertz CT molecular complexity index is 940. The van der Waals surface area contributed by atoms with Crippen LogP contribution in [0.4, 0.5) is 5.82 Å². The second-order valence-electron chi connectivity index (χ2n) is 7.95. The van der Waals surface area contributed by atoms with Crippen molar-refractivity contribution < 1.29 is 0 Å². The van der Waals surface area contributed by atoms with Gasteiger partial charge in [0.2, 0.25) is 0 Å². The first-order valence-electron chi connectivity index (χ1n) is 10.3. The highest BCUT2D eigenvalue weighted by molar-refractivity contribution is 5.82. The molecule has 0 aliphatic carbocycles. The lowest BCUT2D eigenvalue weighted by Gasteiger charge is -2.33. The van der Waals surface area contributed by atoms with Crippen molar-refractivity contribution in [2.45, 2.75) is 44.6 Å². The van der Waals surface area contributed by atoms with Crippen molar-refractivity contribution in [3.05, 3.63) is 24.3 Å². The van der Waals surface area contributed by atoms with E-state index in [4.69, 9.17) is 0 Å². The molecule has 0 bridgehead atoms. The zero-order valence-electron chi connectivity index (χ0n) is 16.4. The first kappa shape index (κ1) is 17.5. The minimum atomic E-state index is 0.356. The Labute approximate surface area is 164 Å². The molecule has 5 rings (SSSR count). The van der Waals surface area contributed by atoms with Gasteiger partial charge in [0, 0.05) is 26.1 Å². The minimum Gasteiger partial charge on any atom is -0.354 e. The highest BCUT2D eigenvalue weighted by atomic mass is 15.3. The van der Waals surface area contributed by atoms with Crippen molar-refractivity contribution in [1.82, 2.24) is 39.6 Å². The summed E-state index contributed by atoms with van der Waals surface area (Å²) in [5, 5.41) is 9.13. The predicted molar refractivity (Wildman–Crippen MR) is 106 cm³/mol. The molecule has 2 fully saturated rings. The van der Waals surface area contributed by atoms with E-state index in [0.29, 0.717) is 5.92 Å². The topological polar surface area (TPSA) is 91.7 Å². The fourth-order valence-corrected chi connectivity index (χ4v) is 4.56. The predicted octanol–water partition coefficient (Wildman–Crippen LogP) is 1.85. The molecule has 148 valence electrons. The van der Waals surface area contributed by atoms with Crippen molar-refractivity contribution >= 4 is 17.0 Å². The standard InChI is InChI=1S/C19H27N9/c1-26-15(11-27-7-3-2-4-8-27)24-25-18(26)14-6-5-9-28(10-14)19-16-17(21-12-20-16)22-13-23-19/h12-14H,2-11H2,1H3,(H,20,21,22,23). The second-order valence-corrected chi connectivity index (χ2v) is 7.95. The number of aromatic amines is 1. The molecule has 9 heteroatoms. The molecule has 5 heterocycles. The van der Waals surface area contributed by atoms with Gasteiger partial charge in [-0.1, -0.05) is 6.42 Å². The van der Waals surface area contributed by atoms with Crippen LogP contribution in [0.1, 0.15) is 49.7 Å². The third kappa shape index (κ3) is 3.23. The summed E-state index contributed by atoms with van der Waals surface area (Å²) in [7, 11) is 2.12. The smallest absolute Gasteiger partial charge is 0.182 e. The Hall–Kier alpha value is -2.55. The molecule has 2 saturated heterocycles. The van der Waals surface area contributed by atoms with Crippen molar-refractivity contribution in [2.24, 2.45) is 7.05 Å². The molecular formula is C19H27N9. The van der Waals surface area contributed by atoms with Gasteiger partial charge in [-0.3, -0.25) is 4.90 Å². The van der Waals surface area contributed by atoms with Gasteiger partial charge in [0.25, 0.3) is 0 Å². The molecule has 0 saturated carbocycles. The number of hydrogen-bond donors (Lipinski definition) is 1. The maximum absolute atomic E-state index is 4.59. The van der Waals surface area contributed by atoms with E-state index in [1.807, 2.05) is 0 Å². The van der Waals surface area contributed by atoms with Gasteiger partial charge in [-0.05, 0) is 38.8 Å². The second kappa shape index (κ2) is 7.46. The summed E-state index contributed by atoms with van der Waals surface area (Å²) in [5.41, 5.74) is 1.63. The van der Waals surface area contributed by atoms with Crippen molar-refractivity contribution in [3.63, 3.8) is 0 Å². The number of fused-ring (bicyclic) bond motifs is 1. The van der Waals surface area contributed by atoms with Crippen LogP contribution in [-0.4, -0.2) is 65.8 Å². The van der Waals surface area contributed by atoms with Crippen molar-refractivity contribution in [3.8, 4) is 0 Å². The summed E-state index contributed by atoms with van der Waals surface area (Å²) < 4.78 is 2.22. The summed E-state index contributed by atoms with van der Waals surface area (Å²) in [6.07, 6.45) is 9.46. The molecular weight excluding hydrogens is 354 g/mol. The van der Waals surface area contributed by atoms with Gasteiger partial charge in [0.1, 0.15) is 23.5 Å². The number of piperidine rings is 2. The summed E-state index contributed by atoms with van der Waals surface area (Å²) in [6, 6.07) is 0. The van der Waals surface area contributed by atoms with Gasteiger partial charge >= 0.3 is 0 Å². The van der Waals surface area contributed by atoms with Crippen LogP contribution in [0, 0.1) is 0 Å². The third-order valence-electron chi connectivity index (χ3n) is 6.10. The number of rotatable bonds is 4. The average Bonchev–Trinajstić information content (AvgIpc) is 3.36. The largest absolute Gasteiger partial charge is 0.354 e. The number of likely N-dealkylation sites (tertiary alicyclic amines) is 1. The summed E-state index contributed by atoms with van der Waals surface area (Å²) in [4.78, 5) is 21.0. The zero-order valence-corrected chi connectivity index (χ0v) is 16.4. The summed E-state index contributed by atoms with van der Waals surface area (Å²) >= 11 is 0. The molecule has 3 aromatic heterocycles. The monoisotopic (exact) mass is 381 g/mol. The fraction of sp³-hybridized carbons (Fsp3) is 0.632. The molecule has 28 heavy (non-hydrogen) atoms. The van der Waals surface area contributed by atoms with Crippen molar-refractivity contribution in [2.75, 3.05) is 31.1 Å². The molecule has 9 nitrogen and oxygen atoms in total. The quantitative estimate of drug-likeness (QED) is 0.737. The molecule has 0 spiro atoms. The van der Waals surface area contributed by atoms with Gasteiger partial charge < -0.3 is 14.5 Å². The molecule has 2 aliphatic rings. The van der Waals surface area contributed by atoms with E-state index in [1.165, 1.54) is 32.4 Å². The van der Waals surface area contributed by atoms with Crippen LogP contribution in [0.3, 0.4) is 0 Å². The Morgan fingerprint density at radius 2 is 1.93 bits per heavy atom. The molecule has 0 radical (unpaired) electrons. The first-order chi connectivity index (χ1) is 13.8. The third-order valence-corrected chi connectivity index (χ3v) is 6.10. The van der Waals surface area contributed by atoms with Gasteiger partial charge in [-0.25, -0.2) is 15.0 Å². The summed E-state index contributed by atoms with van der Waals surface area (Å²) in [6.45, 7) is 5.13. The number of hydrogen-bond acceptors (Lipinski definition) is 7. The first-order valence-corrected chi connectivity index (χ1v) is 10.3. The highest BCUT2D eigenvalue weighted by Gasteiger charge is 2.28. The van der Waals surface area contributed by atoms with Crippen LogP contribution in [0.5, 0.6) is 0 Å². The Kier molecular flexibility index (Phi) is 4.67. The molecule has 1 N–H and O–H groups in total. The van der Waals surface area contributed by atoms with E-state index in [2.05, 4.69) is 51.5 Å². The Morgan fingerprint density at radius 3 is 2.82 bits per heavy atom. The van der Waals surface area contributed by atoms with E-state index in [0.717, 1.165) is 61.1 Å². The van der Waals surface area contributed by atoms with E-state index in [9.17, 15) is 0 Å². The van der Waals surface area contributed by atoms with E-state index >= 15 is 0 Å². The lowest BCUT2D eigenvalue weighted by atomic mass is 9.97. The normalized spacial score (nSPS) is 21.5. The molecule has 2 aliphatic heterocycles. The zero-order chi connectivity index (χ0) is 18.9. The Morgan fingerprint density at radius 1 is 1.04 bits per heavy atom. The van der Waals surface area contributed by atoms with Gasteiger partial charge in [0.15, 0.2) is 11.5 Å². The van der Waals surface area contributed by atoms with Gasteiger partial charge in [0.05, 0.1) is 12.9 Å². The molecule has 1 unspecified atom stereocenters. The Balaban J connectivity index is 1.34. The van der Waals surface area contributed by atoms with E-state index < -0.39 is 0 Å². The maximum atomic E-state index is 4.59. The number of nitrogens with zero attached hydrogens (tertiary/aromatic N) is 8. The highest BCUT2D eigenvalue weighted by Crippen LogP contribution is 2.30. The van der Waals surface area contributed by atoms with Crippen LogP contribution in [0.25, 0.3) is 11.2 Å². The SMILES string of the molecule is Cn1c(CN2CCCCC2)nnc1C1CCCN(c2ncnc3nc[nH]c23)C1. The van der Waals surface area contributed by atoms with Crippen LogP contribution >= 0.6 is 0 Å². The average molecular weight is 381 g/mol. The molecule has 1 atom stereocenters. The number of imidazole rings is 1. The summed E-state index contributed by atoms with van der Waals surface area (Å²) in [5.74, 6) is 3.45. The van der Waals surface area contributed by atoms with E-state index in [1.54, 1.807) is 12.7 Å². The molecule has 0 aromatic carbocycles. The molecule has 3 aromatic rings. The van der Waals surface area contributed by atoms with Crippen LogP contribution in [0.15, 0.2) is 12.7 Å². The number of aromatic nitrogens is 7. The van der Waals surface area contributed by atoms with E-state index in [-0.39, 0.29) is 0 Å². The number of anilines is 1. The van der Waals surface area contributed by atoms with Crippen LogP contribution in [-0.2, 0) is 13.6 Å². The lowest BCUT2D eigenvalue weighted by Crippen LogP contribution is -2.36. The number of H-pyrrole nitrogens is 1. The van der Waals surface area contributed by atoms with Crippen LogP contribution in [0.2, 0.25) is 0 Å².